The molecule has 3 unspecified atom stereocenters. The molecule has 3 aliphatic rings. The van der Waals surface area contributed by atoms with E-state index in [1.807, 2.05) is 17.0 Å². The molecule has 0 bridgehead atoms. The standard InChI is InChI=1S/C24H27NO4/c26-23-11-13-28-14-21(23)22-10-5-12-25(22)24(27)29-15-20-18-8-3-1-6-16(18)17-7-2-4-9-19(17)20/h1-4,6-9,20-23,26H,5,10-15H2. The van der Waals surface area contributed by atoms with Gasteiger partial charge in [0, 0.05) is 31.0 Å². The highest BCUT2D eigenvalue weighted by Gasteiger charge is 2.40. The van der Waals surface area contributed by atoms with Gasteiger partial charge in [0.25, 0.3) is 0 Å². The Bertz CT molecular complexity index is 852. The molecule has 2 aliphatic heterocycles. The maximum absolute atomic E-state index is 13.0. The van der Waals surface area contributed by atoms with E-state index >= 15 is 0 Å². The van der Waals surface area contributed by atoms with E-state index in [1.165, 1.54) is 22.3 Å². The number of hydrogen-bond donors (Lipinski definition) is 1. The summed E-state index contributed by atoms with van der Waals surface area (Å²) in [5, 5.41) is 10.4. The van der Waals surface area contributed by atoms with Gasteiger partial charge in [0.1, 0.15) is 6.61 Å². The summed E-state index contributed by atoms with van der Waals surface area (Å²) in [6, 6.07) is 16.7. The number of nitrogens with zero attached hydrogens (tertiary/aromatic N) is 1. The van der Waals surface area contributed by atoms with Crippen molar-refractivity contribution in [2.75, 3.05) is 26.4 Å². The van der Waals surface area contributed by atoms with Crippen LogP contribution in [0.3, 0.4) is 0 Å². The number of fused-ring (bicyclic) bond motifs is 3. The van der Waals surface area contributed by atoms with E-state index in [0.717, 1.165) is 12.8 Å². The molecule has 0 radical (unpaired) electrons. The zero-order valence-corrected chi connectivity index (χ0v) is 16.5. The lowest BCUT2D eigenvalue weighted by Crippen LogP contribution is -2.48. The normalized spacial score (nSPS) is 26.2. The molecular formula is C24H27NO4. The minimum atomic E-state index is -0.407. The van der Waals surface area contributed by atoms with Crippen LogP contribution in [-0.2, 0) is 9.47 Å². The highest BCUT2D eigenvalue weighted by atomic mass is 16.6. The monoisotopic (exact) mass is 393 g/mol. The topological polar surface area (TPSA) is 59.0 Å². The summed E-state index contributed by atoms with van der Waals surface area (Å²) in [6.45, 7) is 2.12. The molecule has 0 aromatic heterocycles. The maximum atomic E-state index is 13.0. The summed E-state index contributed by atoms with van der Waals surface area (Å²) < 4.78 is 11.4. The van der Waals surface area contributed by atoms with Crippen molar-refractivity contribution in [3.8, 4) is 11.1 Å². The number of likely N-dealkylation sites (tertiary alicyclic amines) is 1. The third-order valence-corrected chi connectivity index (χ3v) is 6.73. The summed E-state index contributed by atoms with van der Waals surface area (Å²) >= 11 is 0. The molecule has 3 atom stereocenters. The van der Waals surface area contributed by atoms with Crippen LogP contribution in [-0.4, -0.2) is 54.6 Å². The van der Waals surface area contributed by atoms with Gasteiger partial charge in [-0.05, 0) is 41.5 Å². The molecule has 2 heterocycles. The average Bonchev–Trinajstić information content (AvgIpc) is 3.36. The Labute approximate surface area is 171 Å². The van der Waals surface area contributed by atoms with Crippen LogP contribution in [0.1, 0.15) is 36.3 Å². The largest absolute Gasteiger partial charge is 0.448 e. The molecule has 2 saturated heterocycles. The molecule has 2 fully saturated rings. The van der Waals surface area contributed by atoms with Crippen LogP contribution in [0.2, 0.25) is 0 Å². The predicted molar refractivity (Wildman–Crippen MR) is 110 cm³/mol. The second kappa shape index (κ2) is 7.81. The first kappa shape index (κ1) is 18.6. The Morgan fingerprint density at radius 2 is 1.76 bits per heavy atom. The van der Waals surface area contributed by atoms with Crippen molar-refractivity contribution in [3.05, 3.63) is 59.7 Å². The third kappa shape index (κ3) is 3.32. The summed E-state index contributed by atoms with van der Waals surface area (Å²) in [7, 11) is 0. The van der Waals surface area contributed by atoms with Gasteiger partial charge in [0.15, 0.2) is 0 Å². The van der Waals surface area contributed by atoms with Crippen LogP contribution in [0.4, 0.5) is 4.79 Å². The van der Waals surface area contributed by atoms with E-state index in [-0.39, 0.29) is 24.0 Å². The average molecular weight is 393 g/mol. The number of ether oxygens (including phenoxy) is 2. The van der Waals surface area contributed by atoms with E-state index in [1.54, 1.807) is 0 Å². The Hall–Kier alpha value is -2.37. The van der Waals surface area contributed by atoms with Crippen molar-refractivity contribution >= 4 is 6.09 Å². The van der Waals surface area contributed by atoms with Gasteiger partial charge in [-0.2, -0.15) is 0 Å². The molecule has 5 rings (SSSR count). The van der Waals surface area contributed by atoms with Gasteiger partial charge in [0.05, 0.1) is 12.7 Å². The number of amides is 1. The SMILES string of the molecule is O=C(OCC1c2ccccc2-c2ccccc21)N1CCCC1C1COCCC1O. The Morgan fingerprint density at radius 1 is 1.07 bits per heavy atom. The lowest BCUT2D eigenvalue weighted by Gasteiger charge is -2.36. The number of benzene rings is 2. The smallest absolute Gasteiger partial charge is 0.410 e. The van der Waals surface area contributed by atoms with E-state index in [2.05, 4.69) is 36.4 Å². The van der Waals surface area contributed by atoms with Crippen LogP contribution in [0.15, 0.2) is 48.5 Å². The van der Waals surface area contributed by atoms with Gasteiger partial charge in [-0.25, -0.2) is 4.79 Å². The van der Waals surface area contributed by atoms with Gasteiger partial charge in [-0.1, -0.05) is 48.5 Å². The Balaban J connectivity index is 1.31. The maximum Gasteiger partial charge on any atom is 0.410 e. The fraction of sp³-hybridized carbons (Fsp3) is 0.458. The number of aliphatic hydroxyl groups is 1. The van der Waals surface area contributed by atoms with Gasteiger partial charge in [-0.3, -0.25) is 0 Å². The lowest BCUT2D eigenvalue weighted by atomic mass is 9.89. The minimum Gasteiger partial charge on any atom is -0.448 e. The first-order valence-electron chi connectivity index (χ1n) is 10.6. The zero-order valence-electron chi connectivity index (χ0n) is 16.5. The second-order valence-corrected chi connectivity index (χ2v) is 8.30. The molecular weight excluding hydrogens is 366 g/mol. The minimum absolute atomic E-state index is 0.000880. The van der Waals surface area contributed by atoms with Crippen molar-refractivity contribution < 1.29 is 19.4 Å². The van der Waals surface area contributed by atoms with Crippen molar-refractivity contribution in [1.29, 1.82) is 0 Å². The van der Waals surface area contributed by atoms with E-state index in [9.17, 15) is 9.90 Å². The molecule has 2 aromatic rings. The molecule has 1 N–H and O–H groups in total. The van der Waals surface area contributed by atoms with E-state index in [4.69, 9.17) is 9.47 Å². The third-order valence-electron chi connectivity index (χ3n) is 6.73. The Morgan fingerprint density at radius 3 is 2.45 bits per heavy atom. The van der Waals surface area contributed by atoms with Crippen LogP contribution in [0.5, 0.6) is 0 Å². The summed E-state index contributed by atoms with van der Waals surface area (Å²) in [5.41, 5.74) is 4.89. The quantitative estimate of drug-likeness (QED) is 0.862. The highest BCUT2D eigenvalue weighted by molar-refractivity contribution is 5.79. The van der Waals surface area contributed by atoms with E-state index in [0.29, 0.717) is 32.8 Å². The molecule has 0 spiro atoms. The molecule has 5 heteroatoms. The zero-order chi connectivity index (χ0) is 19.8. The molecule has 0 saturated carbocycles. The number of aliphatic hydroxyl groups excluding tert-OH is 1. The highest BCUT2D eigenvalue weighted by Crippen LogP contribution is 2.44. The van der Waals surface area contributed by atoms with E-state index < -0.39 is 6.10 Å². The lowest BCUT2D eigenvalue weighted by molar-refractivity contribution is -0.0609. The fourth-order valence-electron chi connectivity index (χ4n) is 5.26. The molecule has 1 aliphatic carbocycles. The first-order valence-corrected chi connectivity index (χ1v) is 10.6. The number of hydrogen-bond acceptors (Lipinski definition) is 4. The van der Waals surface area contributed by atoms with Gasteiger partial charge >= 0.3 is 6.09 Å². The van der Waals surface area contributed by atoms with Crippen molar-refractivity contribution in [3.63, 3.8) is 0 Å². The summed E-state index contributed by atoms with van der Waals surface area (Å²) in [5.74, 6) is 0.0442. The molecule has 2 aromatic carbocycles. The van der Waals surface area contributed by atoms with Crippen molar-refractivity contribution in [2.45, 2.75) is 37.3 Å². The van der Waals surface area contributed by atoms with Gasteiger partial charge in [0.2, 0.25) is 0 Å². The van der Waals surface area contributed by atoms with Crippen LogP contribution < -0.4 is 0 Å². The number of carbonyl (C=O) groups is 1. The predicted octanol–water partition coefficient (Wildman–Crippen LogP) is 3.80. The van der Waals surface area contributed by atoms with Gasteiger partial charge < -0.3 is 19.5 Å². The summed E-state index contributed by atoms with van der Waals surface area (Å²) in [6.07, 6.45) is 1.80. The number of carbonyl (C=O) groups excluding carboxylic acids is 1. The second-order valence-electron chi connectivity index (χ2n) is 8.30. The number of rotatable bonds is 3. The van der Waals surface area contributed by atoms with Crippen LogP contribution in [0.25, 0.3) is 11.1 Å². The fourth-order valence-corrected chi connectivity index (χ4v) is 5.26. The Kier molecular flexibility index (Phi) is 5.02. The van der Waals surface area contributed by atoms with Crippen molar-refractivity contribution in [2.24, 2.45) is 5.92 Å². The van der Waals surface area contributed by atoms with Crippen LogP contribution in [0, 0.1) is 5.92 Å². The van der Waals surface area contributed by atoms with Gasteiger partial charge in [-0.15, -0.1) is 0 Å². The molecule has 29 heavy (non-hydrogen) atoms. The summed E-state index contributed by atoms with van der Waals surface area (Å²) in [4.78, 5) is 14.8. The molecule has 1 amide bonds. The van der Waals surface area contributed by atoms with Crippen molar-refractivity contribution in [1.82, 2.24) is 4.90 Å². The molecule has 5 nitrogen and oxygen atoms in total. The van der Waals surface area contributed by atoms with Crippen LogP contribution >= 0.6 is 0 Å². The molecule has 152 valence electrons. The first-order chi connectivity index (χ1) is 14.2.